The van der Waals surface area contributed by atoms with Gasteiger partial charge in [0.2, 0.25) is 0 Å². The Morgan fingerprint density at radius 3 is 2.56 bits per heavy atom. The Bertz CT molecular complexity index is 1650. The first-order valence-electron chi connectivity index (χ1n) is 14.0. The molecule has 2 aliphatic heterocycles. The summed E-state index contributed by atoms with van der Waals surface area (Å²) < 4.78 is 40.5. The van der Waals surface area contributed by atoms with Crippen LogP contribution in [0.4, 0.5) is 26.0 Å². The fourth-order valence-corrected chi connectivity index (χ4v) is 5.62. The molecule has 11 heteroatoms. The minimum absolute atomic E-state index is 0.0625. The Morgan fingerprint density at radius 2 is 1.86 bits per heavy atom. The zero-order valence-corrected chi connectivity index (χ0v) is 23.8. The van der Waals surface area contributed by atoms with E-state index >= 15 is 0 Å². The minimum atomic E-state index is -0.756. The Kier molecular flexibility index (Phi) is 7.81. The van der Waals surface area contributed by atoms with Crippen LogP contribution >= 0.6 is 0 Å². The average molecular weight is 588 g/mol. The third-order valence-corrected chi connectivity index (χ3v) is 7.78. The van der Waals surface area contributed by atoms with Crippen LogP contribution in [-0.2, 0) is 13.1 Å². The molecular formula is C32H31F2N5O4. The molecular weight excluding hydrogens is 556 g/mol. The Labute approximate surface area is 247 Å². The molecule has 2 aromatic carbocycles. The summed E-state index contributed by atoms with van der Waals surface area (Å²) in [5.41, 5.74) is 2.45. The number of aromatic nitrogens is 2. The van der Waals surface area contributed by atoms with Gasteiger partial charge in [-0.3, -0.25) is 4.79 Å². The van der Waals surface area contributed by atoms with Gasteiger partial charge < -0.3 is 29.7 Å². The maximum Gasteiger partial charge on any atom is 0.258 e. The number of aliphatic hydroxyl groups is 1. The van der Waals surface area contributed by atoms with Gasteiger partial charge in [-0.25, -0.2) is 18.7 Å². The molecule has 43 heavy (non-hydrogen) atoms. The number of rotatable bonds is 8. The Morgan fingerprint density at radius 1 is 1.05 bits per heavy atom. The standard InChI is InChI=1S/C32H31F2N5O4/c1-42-22-10-8-19(28(13-22)43-2)16-39-18-27-31(32(39)41)26(14-25(36-27)30-23(33)6-3-7-24(30)34)37-29-11-9-20(15-35-29)38-12-4-5-21(40)17-38/h3,6-11,13-15,21,40H,4-5,12,16-18H2,1-2H3,(H,35,36,37). The molecule has 0 radical (unpaired) electrons. The number of nitrogens with zero attached hydrogens (tertiary/aromatic N) is 4. The van der Waals surface area contributed by atoms with Crippen LogP contribution in [-0.4, -0.2) is 59.3 Å². The summed E-state index contributed by atoms with van der Waals surface area (Å²) in [6.45, 7) is 1.71. The highest BCUT2D eigenvalue weighted by Gasteiger charge is 2.34. The number of ether oxygens (including phenoxy) is 2. The third-order valence-electron chi connectivity index (χ3n) is 7.78. The Hall–Kier alpha value is -4.77. The number of amides is 1. The van der Waals surface area contributed by atoms with Crippen molar-refractivity contribution < 1.29 is 28.2 Å². The number of pyridine rings is 2. The molecule has 0 bridgehead atoms. The van der Waals surface area contributed by atoms with Gasteiger partial charge in [0, 0.05) is 24.7 Å². The van der Waals surface area contributed by atoms with Gasteiger partial charge >= 0.3 is 0 Å². The van der Waals surface area contributed by atoms with Crippen LogP contribution in [0, 0.1) is 11.6 Å². The molecule has 6 rings (SSSR count). The summed E-state index contributed by atoms with van der Waals surface area (Å²) in [4.78, 5) is 26.6. The summed E-state index contributed by atoms with van der Waals surface area (Å²) >= 11 is 0. The lowest BCUT2D eigenvalue weighted by Gasteiger charge is -2.31. The van der Waals surface area contributed by atoms with Crippen molar-refractivity contribution in [2.24, 2.45) is 0 Å². The fraction of sp³-hybridized carbons (Fsp3) is 0.281. The number of carbonyl (C=O) groups excluding carboxylic acids is 1. The lowest BCUT2D eigenvalue weighted by molar-refractivity contribution is 0.0766. The van der Waals surface area contributed by atoms with Gasteiger partial charge in [0.15, 0.2) is 0 Å². The predicted molar refractivity (Wildman–Crippen MR) is 158 cm³/mol. The Balaban J connectivity index is 1.35. The average Bonchev–Trinajstić information content (AvgIpc) is 3.32. The summed E-state index contributed by atoms with van der Waals surface area (Å²) in [6, 6.07) is 14.1. The van der Waals surface area contributed by atoms with E-state index in [4.69, 9.17) is 9.47 Å². The lowest BCUT2D eigenvalue weighted by Crippen LogP contribution is -2.38. The second kappa shape index (κ2) is 11.8. The number of benzene rings is 2. The van der Waals surface area contributed by atoms with Crippen LogP contribution in [0.25, 0.3) is 11.3 Å². The highest BCUT2D eigenvalue weighted by Crippen LogP contribution is 2.37. The van der Waals surface area contributed by atoms with Gasteiger partial charge in [0.05, 0.1) is 73.5 Å². The van der Waals surface area contributed by atoms with Gasteiger partial charge in [0.25, 0.3) is 5.91 Å². The van der Waals surface area contributed by atoms with Crippen LogP contribution in [0.3, 0.4) is 0 Å². The van der Waals surface area contributed by atoms with Crippen LogP contribution in [0.15, 0.2) is 60.8 Å². The number of aliphatic hydroxyl groups excluding tert-OH is 1. The van der Waals surface area contributed by atoms with Crippen molar-refractivity contribution in [3.8, 4) is 22.8 Å². The smallest absolute Gasteiger partial charge is 0.258 e. The van der Waals surface area contributed by atoms with E-state index in [9.17, 15) is 18.7 Å². The number of β-amino-alcohol motifs (C(OH)–C–C–N with tert-alkyl or cyclic N) is 1. The van der Waals surface area contributed by atoms with Gasteiger partial charge in [-0.05, 0) is 55.3 Å². The summed E-state index contributed by atoms with van der Waals surface area (Å²) in [7, 11) is 3.11. The number of nitrogens with one attached hydrogen (secondary N) is 1. The molecule has 2 aromatic heterocycles. The lowest BCUT2D eigenvalue weighted by atomic mass is 10.1. The highest BCUT2D eigenvalue weighted by molar-refractivity contribution is 6.04. The monoisotopic (exact) mass is 587 g/mol. The van der Waals surface area contributed by atoms with E-state index in [1.165, 1.54) is 24.3 Å². The van der Waals surface area contributed by atoms with Crippen molar-refractivity contribution in [1.82, 2.24) is 14.9 Å². The highest BCUT2D eigenvalue weighted by atomic mass is 19.1. The molecule has 1 atom stereocenters. The van der Waals surface area contributed by atoms with Gasteiger partial charge in [-0.1, -0.05) is 6.07 Å². The zero-order valence-electron chi connectivity index (χ0n) is 23.8. The largest absolute Gasteiger partial charge is 0.497 e. The molecule has 1 amide bonds. The van der Waals surface area contributed by atoms with E-state index in [1.807, 2.05) is 12.1 Å². The van der Waals surface area contributed by atoms with Crippen LogP contribution in [0.1, 0.15) is 34.5 Å². The minimum Gasteiger partial charge on any atom is -0.497 e. The SMILES string of the molecule is COc1ccc(CN2Cc3nc(-c4c(F)cccc4F)cc(Nc4ccc(N5CCCC(O)C5)cn4)c3C2=O)c(OC)c1. The second-order valence-corrected chi connectivity index (χ2v) is 10.6. The first kappa shape index (κ1) is 28.4. The second-order valence-electron chi connectivity index (χ2n) is 10.6. The number of fused-ring (bicyclic) bond motifs is 1. The number of piperidine rings is 1. The van der Waals surface area contributed by atoms with Crippen LogP contribution < -0.4 is 19.7 Å². The predicted octanol–water partition coefficient (Wildman–Crippen LogP) is 5.30. The van der Waals surface area contributed by atoms with Crippen molar-refractivity contribution >= 4 is 23.1 Å². The maximum absolute atomic E-state index is 14.8. The number of halogens is 2. The quantitative estimate of drug-likeness (QED) is 0.287. The van der Waals surface area contributed by atoms with E-state index in [-0.39, 0.29) is 36.4 Å². The normalized spacial score (nSPS) is 16.3. The van der Waals surface area contributed by atoms with E-state index in [0.29, 0.717) is 40.8 Å². The molecule has 1 fully saturated rings. The molecule has 0 saturated carbocycles. The molecule has 1 unspecified atom stereocenters. The van der Waals surface area contributed by atoms with Crippen LogP contribution in [0.5, 0.6) is 11.5 Å². The summed E-state index contributed by atoms with van der Waals surface area (Å²) in [5, 5.41) is 13.2. The van der Waals surface area contributed by atoms with E-state index in [1.54, 1.807) is 43.5 Å². The molecule has 9 nitrogen and oxygen atoms in total. The molecule has 0 spiro atoms. The van der Waals surface area contributed by atoms with Gasteiger partial charge in [0.1, 0.15) is 29.0 Å². The molecule has 0 aliphatic carbocycles. The molecule has 2 N–H and O–H groups in total. The number of carbonyl (C=O) groups is 1. The zero-order chi connectivity index (χ0) is 30.1. The van der Waals surface area contributed by atoms with E-state index in [2.05, 4.69) is 20.2 Å². The van der Waals surface area contributed by atoms with Crippen molar-refractivity contribution in [3.05, 3.63) is 89.2 Å². The van der Waals surface area contributed by atoms with Crippen molar-refractivity contribution in [2.45, 2.75) is 32.0 Å². The summed E-state index contributed by atoms with van der Waals surface area (Å²) in [5.74, 6) is -0.173. The topological polar surface area (TPSA) is 100 Å². The number of methoxy groups -OCH3 is 2. The van der Waals surface area contributed by atoms with E-state index in [0.717, 1.165) is 30.6 Å². The molecule has 1 saturated heterocycles. The molecule has 4 aromatic rings. The molecule has 4 heterocycles. The third kappa shape index (κ3) is 5.68. The number of anilines is 3. The first-order chi connectivity index (χ1) is 20.8. The van der Waals surface area contributed by atoms with Crippen molar-refractivity contribution in [1.29, 1.82) is 0 Å². The van der Waals surface area contributed by atoms with Crippen LogP contribution in [0.2, 0.25) is 0 Å². The molecule has 2 aliphatic rings. The number of hydrogen-bond acceptors (Lipinski definition) is 8. The van der Waals surface area contributed by atoms with E-state index < -0.39 is 11.6 Å². The number of hydrogen-bond donors (Lipinski definition) is 2. The maximum atomic E-state index is 14.8. The first-order valence-corrected chi connectivity index (χ1v) is 14.0. The molecule has 222 valence electrons. The summed E-state index contributed by atoms with van der Waals surface area (Å²) in [6.07, 6.45) is 2.98. The fourth-order valence-electron chi connectivity index (χ4n) is 5.62. The van der Waals surface area contributed by atoms with Gasteiger partial charge in [-0.2, -0.15) is 0 Å². The van der Waals surface area contributed by atoms with Crippen molar-refractivity contribution in [2.75, 3.05) is 37.5 Å². The van der Waals surface area contributed by atoms with Gasteiger partial charge in [-0.15, -0.1) is 0 Å². The van der Waals surface area contributed by atoms with Crippen molar-refractivity contribution in [3.63, 3.8) is 0 Å².